The van der Waals surface area contributed by atoms with Crippen molar-refractivity contribution in [1.29, 1.82) is 0 Å². The minimum absolute atomic E-state index is 0.253. The molecule has 80 valence electrons. The second-order valence-corrected chi connectivity index (χ2v) is 3.62. The van der Waals surface area contributed by atoms with Crippen molar-refractivity contribution in [1.82, 2.24) is 0 Å². The third-order valence-electron chi connectivity index (χ3n) is 2.48. The molecule has 1 aliphatic rings. The number of hydrogen-bond donors (Lipinski definition) is 1. The summed E-state index contributed by atoms with van der Waals surface area (Å²) in [4.78, 5) is 10.8. The zero-order valence-electron chi connectivity index (χ0n) is 7.64. The summed E-state index contributed by atoms with van der Waals surface area (Å²) in [6.45, 7) is 0. The fraction of sp³-hybridized carbons (Fsp3) is 0.300. The van der Waals surface area contributed by atoms with Gasteiger partial charge in [-0.1, -0.05) is 6.07 Å². The molecular weight excluding hydrogens is 207 g/mol. The molecule has 0 spiro atoms. The van der Waals surface area contributed by atoms with E-state index in [9.17, 15) is 18.0 Å². The minimum atomic E-state index is -2.73. The lowest BCUT2D eigenvalue weighted by Crippen LogP contribution is -2.13. The zero-order valence-corrected chi connectivity index (χ0v) is 7.64. The van der Waals surface area contributed by atoms with Crippen molar-refractivity contribution in [3.8, 4) is 0 Å². The number of nitrogens with two attached hydrogens (primary N) is 1. The van der Waals surface area contributed by atoms with Crippen LogP contribution in [0.4, 0.5) is 13.2 Å². The molecule has 1 saturated carbocycles. The Labute approximate surface area is 83.9 Å². The molecule has 1 unspecified atom stereocenters. The fourth-order valence-corrected chi connectivity index (χ4v) is 1.52. The Morgan fingerprint density at radius 1 is 1.47 bits per heavy atom. The smallest absolute Gasteiger partial charge is 0.255 e. The fourth-order valence-electron chi connectivity index (χ4n) is 1.52. The summed E-state index contributed by atoms with van der Waals surface area (Å²) in [7, 11) is 0. The van der Waals surface area contributed by atoms with Crippen LogP contribution >= 0.6 is 0 Å². The molecule has 1 aromatic carbocycles. The van der Waals surface area contributed by atoms with Crippen LogP contribution in [0.25, 0.3) is 0 Å². The van der Waals surface area contributed by atoms with Crippen molar-refractivity contribution >= 4 is 5.91 Å². The number of halogens is 3. The summed E-state index contributed by atoms with van der Waals surface area (Å²) in [6.07, 6.45) is -0.253. The van der Waals surface area contributed by atoms with Gasteiger partial charge in [0.05, 0.1) is 11.5 Å². The molecule has 2 N–H and O–H groups in total. The molecule has 0 aliphatic heterocycles. The summed E-state index contributed by atoms with van der Waals surface area (Å²) in [5.41, 5.74) is 4.83. The monoisotopic (exact) mass is 215 g/mol. The molecule has 0 bridgehead atoms. The highest BCUT2D eigenvalue weighted by molar-refractivity contribution is 5.93. The Bertz CT molecular complexity index is 431. The molecule has 5 heteroatoms. The van der Waals surface area contributed by atoms with Crippen molar-refractivity contribution in [3.05, 3.63) is 35.1 Å². The van der Waals surface area contributed by atoms with Crippen LogP contribution in [0, 0.1) is 5.82 Å². The first-order chi connectivity index (χ1) is 6.92. The van der Waals surface area contributed by atoms with Crippen LogP contribution in [-0.2, 0) is 0 Å². The Kier molecular flexibility index (Phi) is 1.99. The predicted octanol–water partition coefficient (Wildman–Crippen LogP) is 2.05. The van der Waals surface area contributed by atoms with Crippen molar-refractivity contribution in [2.45, 2.75) is 18.3 Å². The molecule has 0 heterocycles. The van der Waals surface area contributed by atoms with Gasteiger partial charge in [-0.15, -0.1) is 0 Å². The molecule has 1 atom stereocenters. The van der Waals surface area contributed by atoms with E-state index < -0.39 is 23.6 Å². The number of primary amides is 1. The first-order valence-corrected chi connectivity index (χ1v) is 4.39. The van der Waals surface area contributed by atoms with Gasteiger partial charge in [0.25, 0.3) is 11.8 Å². The lowest BCUT2D eigenvalue weighted by atomic mass is 10.1. The number of carbonyl (C=O) groups is 1. The van der Waals surface area contributed by atoms with Gasteiger partial charge in [0, 0.05) is 6.42 Å². The summed E-state index contributed by atoms with van der Waals surface area (Å²) >= 11 is 0. The van der Waals surface area contributed by atoms with E-state index in [-0.39, 0.29) is 17.5 Å². The normalized spacial score (nSPS) is 22.5. The average Bonchev–Trinajstić information content (AvgIpc) is 2.75. The molecule has 1 aromatic rings. The summed E-state index contributed by atoms with van der Waals surface area (Å²) in [6, 6.07) is 3.35. The maximum absolute atomic E-state index is 13.0. The van der Waals surface area contributed by atoms with Crippen molar-refractivity contribution in [2.24, 2.45) is 5.73 Å². The summed E-state index contributed by atoms with van der Waals surface area (Å²) in [5.74, 6) is -5.36. The van der Waals surface area contributed by atoms with Crippen LogP contribution in [0.1, 0.15) is 28.3 Å². The van der Waals surface area contributed by atoms with Gasteiger partial charge in [-0.05, 0) is 17.7 Å². The lowest BCUT2D eigenvalue weighted by molar-refractivity contribution is 0.0994. The van der Waals surface area contributed by atoms with Gasteiger partial charge < -0.3 is 5.73 Å². The van der Waals surface area contributed by atoms with Gasteiger partial charge in [-0.2, -0.15) is 0 Å². The van der Waals surface area contributed by atoms with E-state index in [0.717, 1.165) is 12.1 Å². The maximum Gasteiger partial charge on any atom is 0.255 e. The van der Waals surface area contributed by atoms with Gasteiger partial charge in [-0.25, -0.2) is 13.2 Å². The summed E-state index contributed by atoms with van der Waals surface area (Å²) < 4.78 is 38.4. The standard InChI is InChI=1S/C10H8F3NO/c11-8-2-1-5(3-6(8)9(14)15)7-4-10(7,12)13/h1-3,7H,4H2,(H2,14,15). The molecule has 0 aromatic heterocycles. The van der Waals surface area contributed by atoms with Gasteiger partial charge in [0.15, 0.2) is 0 Å². The number of rotatable bonds is 2. The molecule has 1 aliphatic carbocycles. The quantitative estimate of drug-likeness (QED) is 0.806. The van der Waals surface area contributed by atoms with Crippen molar-refractivity contribution < 1.29 is 18.0 Å². The third-order valence-corrected chi connectivity index (χ3v) is 2.48. The maximum atomic E-state index is 13.0. The molecule has 2 rings (SSSR count). The lowest BCUT2D eigenvalue weighted by Gasteiger charge is -2.03. The van der Waals surface area contributed by atoms with Gasteiger partial charge in [-0.3, -0.25) is 4.79 Å². The average molecular weight is 215 g/mol. The van der Waals surface area contributed by atoms with E-state index in [2.05, 4.69) is 0 Å². The second kappa shape index (κ2) is 2.98. The van der Waals surface area contributed by atoms with Gasteiger partial charge >= 0.3 is 0 Å². The van der Waals surface area contributed by atoms with E-state index in [1.165, 1.54) is 6.07 Å². The molecule has 0 radical (unpaired) electrons. The molecular formula is C10H8F3NO. The number of hydrogen-bond acceptors (Lipinski definition) is 1. The minimum Gasteiger partial charge on any atom is -0.366 e. The Balaban J connectivity index is 2.36. The van der Waals surface area contributed by atoms with Crippen LogP contribution in [0.15, 0.2) is 18.2 Å². The van der Waals surface area contributed by atoms with E-state index in [1.54, 1.807) is 0 Å². The number of amides is 1. The first-order valence-electron chi connectivity index (χ1n) is 4.39. The van der Waals surface area contributed by atoms with Crippen LogP contribution in [-0.4, -0.2) is 11.8 Å². The predicted molar refractivity (Wildman–Crippen MR) is 47.2 cm³/mol. The first kappa shape index (κ1) is 10.0. The largest absolute Gasteiger partial charge is 0.366 e. The number of carbonyl (C=O) groups excluding carboxylic acids is 1. The summed E-state index contributed by atoms with van der Waals surface area (Å²) in [5, 5.41) is 0. The molecule has 1 amide bonds. The molecule has 0 saturated heterocycles. The Morgan fingerprint density at radius 2 is 2.07 bits per heavy atom. The highest BCUT2D eigenvalue weighted by Crippen LogP contribution is 2.55. The number of benzene rings is 1. The Morgan fingerprint density at radius 3 is 2.53 bits per heavy atom. The zero-order chi connectivity index (χ0) is 11.2. The third kappa shape index (κ3) is 1.69. The van der Waals surface area contributed by atoms with Gasteiger partial charge in [0.2, 0.25) is 0 Å². The van der Waals surface area contributed by atoms with Crippen LogP contribution in [0.5, 0.6) is 0 Å². The molecule has 2 nitrogen and oxygen atoms in total. The topological polar surface area (TPSA) is 43.1 Å². The van der Waals surface area contributed by atoms with Crippen LogP contribution in [0.2, 0.25) is 0 Å². The second-order valence-electron chi connectivity index (χ2n) is 3.62. The number of alkyl halides is 2. The molecule has 1 fully saturated rings. The Hall–Kier alpha value is -1.52. The van der Waals surface area contributed by atoms with Crippen molar-refractivity contribution in [2.75, 3.05) is 0 Å². The molecule has 15 heavy (non-hydrogen) atoms. The van der Waals surface area contributed by atoms with Crippen LogP contribution < -0.4 is 5.73 Å². The van der Waals surface area contributed by atoms with E-state index in [0.29, 0.717) is 0 Å². The SMILES string of the molecule is NC(=O)c1cc(C2CC2(F)F)ccc1F. The highest BCUT2D eigenvalue weighted by Gasteiger charge is 2.57. The van der Waals surface area contributed by atoms with E-state index in [1.807, 2.05) is 0 Å². The van der Waals surface area contributed by atoms with Crippen molar-refractivity contribution in [3.63, 3.8) is 0 Å². The van der Waals surface area contributed by atoms with E-state index in [4.69, 9.17) is 5.73 Å². The van der Waals surface area contributed by atoms with E-state index >= 15 is 0 Å². The van der Waals surface area contributed by atoms with Crippen LogP contribution in [0.3, 0.4) is 0 Å². The van der Waals surface area contributed by atoms with Gasteiger partial charge in [0.1, 0.15) is 5.82 Å². The highest BCUT2D eigenvalue weighted by atomic mass is 19.3.